The molecule has 0 bridgehead atoms. The van der Waals surface area contributed by atoms with Gasteiger partial charge in [-0.1, -0.05) is 0 Å². The van der Waals surface area contributed by atoms with Crippen LogP contribution < -0.4 is 0 Å². The number of hydrogen-bond acceptors (Lipinski definition) is 0. The minimum atomic E-state index is -4.92. The van der Waals surface area contributed by atoms with Gasteiger partial charge in [0.25, 0.3) is 0 Å². The number of benzene rings is 4. The molecule has 0 saturated heterocycles. The summed E-state index contributed by atoms with van der Waals surface area (Å²) in [6.07, 6.45) is 15.1. The van der Waals surface area contributed by atoms with Gasteiger partial charge in [-0.2, -0.15) is 0 Å². The van der Waals surface area contributed by atoms with E-state index in [0.717, 1.165) is 0 Å². The Morgan fingerprint density at radius 1 is 0.521 bits per heavy atom. The summed E-state index contributed by atoms with van der Waals surface area (Å²) in [6.45, 7) is 9.34. The van der Waals surface area contributed by atoms with E-state index in [-0.39, 0.29) is 7.25 Å². The maximum absolute atomic E-state index is 9.00. The number of allylic oxidation sites excluding steroid dienone is 2. The predicted octanol–water partition coefficient (Wildman–Crippen LogP) is 14.5. The number of unbranched alkanes of at least 4 members (excludes halogenated alkanes) is 6. The Morgan fingerprint density at radius 3 is 1.33 bits per heavy atom. The van der Waals surface area contributed by atoms with E-state index in [9.17, 15) is 0 Å². The average molecular weight is 772 g/mol. The zero-order valence-corrected chi connectivity index (χ0v) is 34.6. The topological polar surface area (TPSA) is 0 Å². The first-order valence-corrected chi connectivity index (χ1v) is 34.2. The number of halogens is 2. The third kappa shape index (κ3) is 6.74. The number of rotatable bonds is 15. The Labute approximate surface area is 299 Å². The second-order valence-electron chi connectivity index (χ2n) is 14.6. The monoisotopic (exact) mass is 769 g/mol. The van der Waals surface area contributed by atoms with E-state index in [0.29, 0.717) is 0 Å². The van der Waals surface area contributed by atoms with Gasteiger partial charge in [0.2, 0.25) is 0 Å². The zero-order chi connectivity index (χ0) is 33.8. The minimum absolute atomic E-state index is 0.127. The molecular weight excluding hydrogens is 719 g/mol. The molecular formula is C44H53Cl2SiZr. The van der Waals surface area contributed by atoms with E-state index in [1.807, 2.05) is 0 Å². The third-order valence-corrected chi connectivity index (χ3v) is 60.2. The fourth-order valence-corrected chi connectivity index (χ4v) is 60.8. The van der Waals surface area contributed by atoms with E-state index >= 15 is 0 Å². The molecule has 0 fully saturated rings. The van der Waals surface area contributed by atoms with Gasteiger partial charge in [-0.3, -0.25) is 0 Å². The Hall–Kier alpha value is -1.96. The van der Waals surface area contributed by atoms with Gasteiger partial charge in [-0.15, -0.1) is 0 Å². The van der Waals surface area contributed by atoms with Crippen molar-refractivity contribution in [2.24, 2.45) is 0 Å². The van der Waals surface area contributed by atoms with Gasteiger partial charge in [-0.05, 0) is 0 Å². The maximum atomic E-state index is 9.00. The van der Waals surface area contributed by atoms with E-state index in [1.165, 1.54) is 119 Å². The summed E-state index contributed by atoms with van der Waals surface area (Å²) < 4.78 is 0.254. The molecule has 4 aromatic rings. The van der Waals surface area contributed by atoms with Crippen molar-refractivity contribution >= 4 is 35.1 Å². The first-order chi connectivity index (χ1) is 23.3. The van der Waals surface area contributed by atoms with E-state index in [1.54, 1.807) is 0 Å². The normalized spacial score (nSPS) is 17.9. The summed E-state index contributed by atoms with van der Waals surface area (Å²) in [4.78, 5) is 0. The molecule has 0 aliphatic heterocycles. The van der Waals surface area contributed by atoms with Crippen LogP contribution in [0.2, 0.25) is 12.1 Å². The van der Waals surface area contributed by atoms with E-state index in [4.69, 9.17) is 17.0 Å². The van der Waals surface area contributed by atoms with Gasteiger partial charge in [0, 0.05) is 0 Å². The second-order valence-corrected chi connectivity index (χ2v) is 54.9. The first-order valence-electron chi connectivity index (χ1n) is 18.6. The molecule has 6 rings (SSSR count). The third-order valence-electron chi connectivity index (χ3n) is 11.4. The van der Waals surface area contributed by atoms with Crippen LogP contribution in [0.4, 0.5) is 0 Å². The van der Waals surface area contributed by atoms with E-state index < -0.39 is 21.5 Å². The van der Waals surface area contributed by atoms with Crippen molar-refractivity contribution in [3.63, 3.8) is 0 Å². The van der Waals surface area contributed by atoms with Gasteiger partial charge in [0.15, 0.2) is 0 Å². The van der Waals surface area contributed by atoms with Gasteiger partial charge in [0.1, 0.15) is 0 Å². The van der Waals surface area contributed by atoms with Crippen molar-refractivity contribution in [1.29, 1.82) is 0 Å². The molecule has 251 valence electrons. The Bertz CT molecular complexity index is 1650. The SMILES string of the molecule is CCCCCC[SiH](CCCCCC)[Zr]([Cl])([Cl])([CH]1C(C)=Cc2c(-c3ccccc3)cccc21)[CH]1C(C)=Cc2c(-c3ccccc3)cccc21. The van der Waals surface area contributed by atoms with Gasteiger partial charge < -0.3 is 0 Å². The van der Waals surface area contributed by atoms with Crippen LogP contribution in [0.25, 0.3) is 34.4 Å². The number of hydrogen-bond donors (Lipinski definition) is 0. The van der Waals surface area contributed by atoms with Crippen molar-refractivity contribution in [3.05, 3.63) is 130 Å². The van der Waals surface area contributed by atoms with Gasteiger partial charge in [0.05, 0.1) is 0 Å². The van der Waals surface area contributed by atoms with Gasteiger partial charge in [-0.25, -0.2) is 0 Å². The zero-order valence-electron chi connectivity index (χ0n) is 29.5. The molecule has 4 aromatic carbocycles. The summed E-state index contributed by atoms with van der Waals surface area (Å²) >= 11 is -4.92. The molecule has 0 N–H and O–H groups in total. The average Bonchev–Trinajstić information content (AvgIpc) is 3.64. The summed E-state index contributed by atoms with van der Waals surface area (Å²) in [7, 11) is 18.0. The molecule has 2 aliphatic rings. The van der Waals surface area contributed by atoms with Crippen molar-refractivity contribution in [2.45, 2.75) is 98.4 Å². The van der Waals surface area contributed by atoms with Crippen molar-refractivity contribution in [3.8, 4) is 22.3 Å². The Kier molecular flexibility index (Phi) is 11.6. The van der Waals surface area contributed by atoms with Crippen LogP contribution in [0.15, 0.2) is 108 Å². The molecule has 0 spiro atoms. The fraction of sp³-hybridized carbons (Fsp3) is 0.364. The van der Waals surface area contributed by atoms with Crippen molar-refractivity contribution in [1.82, 2.24) is 0 Å². The summed E-state index contributed by atoms with van der Waals surface area (Å²) in [5, 5.41) is 0. The second kappa shape index (κ2) is 15.5. The molecule has 0 nitrogen and oxygen atoms in total. The summed E-state index contributed by atoms with van der Waals surface area (Å²) in [5.74, 6) is -1.68. The predicted molar refractivity (Wildman–Crippen MR) is 213 cm³/mol. The van der Waals surface area contributed by atoms with Crippen LogP contribution in [-0.2, 0) is 15.6 Å². The summed E-state index contributed by atoms with van der Waals surface area (Å²) in [5.41, 5.74) is 13.4. The Balaban J connectivity index is 1.56. The fourth-order valence-electron chi connectivity index (χ4n) is 9.28. The van der Waals surface area contributed by atoms with Crippen molar-refractivity contribution < 1.29 is 15.6 Å². The van der Waals surface area contributed by atoms with Crippen LogP contribution in [0.3, 0.4) is 0 Å². The molecule has 0 radical (unpaired) electrons. The Morgan fingerprint density at radius 2 is 0.938 bits per heavy atom. The van der Waals surface area contributed by atoms with Crippen LogP contribution in [0.1, 0.15) is 109 Å². The molecule has 0 aromatic heterocycles. The van der Waals surface area contributed by atoms with Crippen LogP contribution in [-0.4, -0.2) is 5.92 Å². The molecule has 2 aliphatic carbocycles. The molecule has 2 atom stereocenters. The quantitative estimate of drug-likeness (QED) is 0.0834. The van der Waals surface area contributed by atoms with E-state index in [2.05, 4.69) is 137 Å². The molecule has 0 saturated carbocycles. The molecule has 4 heteroatoms. The molecule has 2 unspecified atom stereocenters. The van der Waals surface area contributed by atoms with Crippen LogP contribution in [0.5, 0.6) is 0 Å². The first kappa shape index (κ1) is 35.9. The molecule has 0 heterocycles. The number of fused-ring (bicyclic) bond motifs is 2. The molecule has 48 heavy (non-hydrogen) atoms. The van der Waals surface area contributed by atoms with Gasteiger partial charge >= 0.3 is 302 Å². The standard InChI is InChI=1S/2C16H13.C12H27Si.2ClH.Zr/c2*1-12-10-14-8-5-9-15(16(14)11-12)13-6-3-2-4-7-13;1-3-5-7-9-11-13-12-10-8-6-4-2;;;/h2*2-11H,1H3;13H,3-12H2,1-2H3;2*1H;/q;;;;;+2/p-2. The van der Waals surface area contributed by atoms with Crippen LogP contribution in [0, 0.1) is 0 Å². The van der Waals surface area contributed by atoms with Crippen LogP contribution >= 0.6 is 17.0 Å². The van der Waals surface area contributed by atoms with Crippen molar-refractivity contribution in [2.75, 3.05) is 0 Å². The summed E-state index contributed by atoms with van der Waals surface area (Å²) in [6, 6.07) is 38.2. The molecule has 0 amide bonds.